The van der Waals surface area contributed by atoms with E-state index in [1.807, 2.05) is 21.1 Å². The minimum atomic E-state index is -4.41. The standard InChI is InChI=1S/C64H104NO8P/c1-6-8-10-12-14-16-18-20-22-24-25-26-27-28-29-30-31-32-33-34-35-36-37-38-39-41-43-45-47-49-51-53-55-57-64(67)73-62(61-72-74(68,69)71-59-58-65(3,4)5)60-70-63(66)56-54-52-50-48-46-44-42-40-23-21-19-17-15-13-11-9-7-2/h8,10,14-17,20-23,25-26,28-29,31-32,34-35,37-38,41,43,47,49,62H,6-7,9,11-13,18-19,24,27,30,33,36,39-40,42,44-46,48,50-61H2,1-5H3/p+1/b10-8-,16-14-,17-15-,22-20-,23-21-,26-25-,29-28-,32-31-,35-34-,38-37-,43-41-,49-47-. The molecule has 10 heteroatoms. The first-order valence-electron chi connectivity index (χ1n) is 28.6. The molecule has 9 nitrogen and oxygen atoms in total. The largest absolute Gasteiger partial charge is 0.472 e. The first-order valence-corrected chi connectivity index (χ1v) is 30.1. The maximum Gasteiger partial charge on any atom is 0.472 e. The van der Waals surface area contributed by atoms with Crippen molar-refractivity contribution in [3.05, 3.63) is 146 Å². The Bertz CT molecular complexity index is 1760. The first kappa shape index (κ1) is 69.9. The van der Waals surface area contributed by atoms with Crippen LogP contribution in [0.4, 0.5) is 0 Å². The highest BCUT2D eigenvalue weighted by atomic mass is 31.2. The van der Waals surface area contributed by atoms with Crippen LogP contribution in [0.3, 0.4) is 0 Å². The maximum atomic E-state index is 12.8. The average Bonchev–Trinajstić information content (AvgIpc) is 3.36. The van der Waals surface area contributed by atoms with Crippen LogP contribution in [0.1, 0.15) is 194 Å². The van der Waals surface area contributed by atoms with Gasteiger partial charge in [0.1, 0.15) is 19.8 Å². The molecule has 418 valence electrons. The Morgan fingerprint density at radius 2 is 0.770 bits per heavy atom. The molecule has 0 aromatic heterocycles. The molecule has 1 N–H and O–H groups in total. The number of phosphoric acid groups is 1. The summed E-state index contributed by atoms with van der Waals surface area (Å²) in [4.78, 5) is 35.6. The normalized spacial score (nSPS) is 14.4. The number of rotatable bonds is 50. The lowest BCUT2D eigenvalue weighted by molar-refractivity contribution is -0.870. The highest BCUT2D eigenvalue weighted by Gasteiger charge is 2.27. The van der Waals surface area contributed by atoms with Crippen molar-refractivity contribution in [3.8, 4) is 0 Å². The summed E-state index contributed by atoms with van der Waals surface area (Å²) in [5.74, 6) is -0.871. The number of esters is 2. The summed E-state index contributed by atoms with van der Waals surface area (Å²) in [6, 6.07) is 0. The van der Waals surface area contributed by atoms with Gasteiger partial charge in [0, 0.05) is 12.8 Å². The summed E-state index contributed by atoms with van der Waals surface area (Å²) < 4.78 is 34.4. The second-order valence-corrected chi connectivity index (χ2v) is 21.0. The van der Waals surface area contributed by atoms with Gasteiger partial charge in [-0.2, -0.15) is 0 Å². The summed E-state index contributed by atoms with van der Waals surface area (Å²) in [5, 5.41) is 0. The van der Waals surface area contributed by atoms with Gasteiger partial charge in [-0.1, -0.05) is 205 Å². The zero-order valence-corrected chi connectivity index (χ0v) is 48.2. The van der Waals surface area contributed by atoms with E-state index in [4.69, 9.17) is 18.5 Å². The van der Waals surface area contributed by atoms with E-state index in [0.717, 1.165) is 109 Å². The third-order valence-electron chi connectivity index (χ3n) is 11.4. The molecule has 0 aliphatic heterocycles. The van der Waals surface area contributed by atoms with E-state index in [1.165, 1.54) is 44.9 Å². The average molecular weight is 1050 g/mol. The Morgan fingerprint density at radius 1 is 0.432 bits per heavy atom. The number of hydrogen-bond donors (Lipinski definition) is 1. The maximum absolute atomic E-state index is 12.8. The molecule has 0 aromatic carbocycles. The number of unbranched alkanes of at least 4 members (excludes halogenated alkanes) is 12. The third kappa shape index (κ3) is 57.2. The monoisotopic (exact) mass is 1050 g/mol. The van der Waals surface area contributed by atoms with E-state index in [9.17, 15) is 19.0 Å². The number of quaternary nitrogens is 1. The second-order valence-electron chi connectivity index (χ2n) is 19.6. The molecule has 0 saturated heterocycles. The predicted octanol–water partition coefficient (Wildman–Crippen LogP) is 17.9. The summed E-state index contributed by atoms with van der Waals surface area (Å²) in [6.07, 6.45) is 79.2. The second kappa shape index (κ2) is 53.7. The number of carbonyl (C=O) groups excluding carboxylic acids is 2. The molecule has 0 rings (SSSR count). The Morgan fingerprint density at radius 3 is 1.18 bits per heavy atom. The van der Waals surface area contributed by atoms with Crippen molar-refractivity contribution < 1.29 is 42.1 Å². The molecule has 2 unspecified atom stereocenters. The lowest BCUT2D eigenvalue weighted by Crippen LogP contribution is -2.37. The van der Waals surface area contributed by atoms with Gasteiger partial charge >= 0.3 is 19.8 Å². The van der Waals surface area contributed by atoms with Crippen LogP contribution in [0.25, 0.3) is 0 Å². The predicted molar refractivity (Wildman–Crippen MR) is 316 cm³/mol. The van der Waals surface area contributed by atoms with Gasteiger partial charge in [-0.25, -0.2) is 4.57 Å². The fraction of sp³-hybridized carbons (Fsp3) is 0.594. The van der Waals surface area contributed by atoms with E-state index < -0.39 is 32.5 Å². The number of ether oxygens (including phenoxy) is 2. The van der Waals surface area contributed by atoms with Crippen LogP contribution in [0.2, 0.25) is 0 Å². The molecular formula is C64H105NO8P+. The molecule has 0 aliphatic carbocycles. The minimum Gasteiger partial charge on any atom is -0.462 e. The molecular weight excluding hydrogens is 942 g/mol. The SMILES string of the molecule is CC/C=C\C/C=C\C/C=C\C/C=C\C/C=C\C/C=C\C/C=C\C/C=C\C/C=C\C/C=C\CCCCC(=O)OC(COC(=O)CCCCCCCCC/C=C\C/C=C\CCCCC)COP(=O)(O)OCC[N+](C)(C)C. The molecule has 0 heterocycles. The Labute approximate surface area is 453 Å². The van der Waals surface area contributed by atoms with Gasteiger partial charge < -0.3 is 18.9 Å². The molecule has 0 radical (unpaired) electrons. The molecule has 0 bridgehead atoms. The van der Waals surface area contributed by atoms with Gasteiger partial charge in [-0.3, -0.25) is 18.6 Å². The van der Waals surface area contributed by atoms with E-state index >= 15 is 0 Å². The number of carbonyl (C=O) groups is 2. The molecule has 74 heavy (non-hydrogen) atoms. The third-order valence-corrected chi connectivity index (χ3v) is 12.3. The van der Waals surface area contributed by atoms with Gasteiger partial charge in [-0.05, 0) is 122 Å². The fourth-order valence-corrected chi connectivity index (χ4v) is 7.69. The quantitative estimate of drug-likeness (QED) is 0.0211. The molecule has 0 aromatic rings. The summed E-state index contributed by atoms with van der Waals surface area (Å²) in [6.45, 7) is 4.20. The van der Waals surface area contributed by atoms with Crippen molar-refractivity contribution in [1.82, 2.24) is 0 Å². The van der Waals surface area contributed by atoms with Gasteiger partial charge in [-0.15, -0.1) is 0 Å². The van der Waals surface area contributed by atoms with Crippen molar-refractivity contribution >= 4 is 19.8 Å². The number of hydrogen-bond acceptors (Lipinski definition) is 7. The number of phosphoric ester groups is 1. The molecule has 0 spiro atoms. The lowest BCUT2D eigenvalue weighted by Gasteiger charge is -2.24. The van der Waals surface area contributed by atoms with Crippen LogP contribution >= 0.6 is 7.82 Å². The molecule has 0 fully saturated rings. The molecule has 0 amide bonds. The summed E-state index contributed by atoms with van der Waals surface area (Å²) >= 11 is 0. The van der Waals surface area contributed by atoms with Gasteiger partial charge in [0.25, 0.3) is 0 Å². The number of allylic oxidation sites excluding steroid dienone is 24. The van der Waals surface area contributed by atoms with Crippen LogP contribution in [-0.4, -0.2) is 74.9 Å². The van der Waals surface area contributed by atoms with E-state index in [1.54, 1.807) is 0 Å². The summed E-state index contributed by atoms with van der Waals surface area (Å²) in [7, 11) is 1.42. The highest BCUT2D eigenvalue weighted by Crippen LogP contribution is 2.43. The molecule has 0 aliphatic rings. The van der Waals surface area contributed by atoms with Gasteiger partial charge in [0.05, 0.1) is 27.7 Å². The van der Waals surface area contributed by atoms with Gasteiger partial charge in [0.2, 0.25) is 0 Å². The molecule has 2 atom stereocenters. The Hall–Kier alpha value is -4.11. The van der Waals surface area contributed by atoms with Crippen LogP contribution in [0.5, 0.6) is 0 Å². The minimum absolute atomic E-state index is 0.0131. The zero-order chi connectivity index (χ0) is 54.2. The van der Waals surface area contributed by atoms with Crippen molar-refractivity contribution in [3.63, 3.8) is 0 Å². The number of likely N-dealkylation sites (N-methyl/N-ethyl adjacent to an activating group) is 1. The van der Waals surface area contributed by atoms with E-state index in [2.05, 4.69) is 160 Å². The first-order chi connectivity index (χ1) is 36.0. The van der Waals surface area contributed by atoms with Crippen LogP contribution in [0.15, 0.2) is 146 Å². The van der Waals surface area contributed by atoms with E-state index in [-0.39, 0.29) is 26.1 Å². The highest BCUT2D eigenvalue weighted by molar-refractivity contribution is 7.47. The van der Waals surface area contributed by atoms with Crippen molar-refractivity contribution in [2.45, 2.75) is 200 Å². The van der Waals surface area contributed by atoms with Crippen molar-refractivity contribution in [2.75, 3.05) is 47.5 Å². The molecule has 0 saturated carbocycles. The Kier molecular flexibility index (Phi) is 50.7. The smallest absolute Gasteiger partial charge is 0.462 e. The van der Waals surface area contributed by atoms with Crippen molar-refractivity contribution in [1.29, 1.82) is 0 Å². The van der Waals surface area contributed by atoms with Crippen LogP contribution in [0, 0.1) is 0 Å². The van der Waals surface area contributed by atoms with Crippen molar-refractivity contribution in [2.24, 2.45) is 0 Å². The zero-order valence-electron chi connectivity index (χ0n) is 47.3. The summed E-state index contributed by atoms with van der Waals surface area (Å²) in [5.41, 5.74) is 0. The topological polar surface area (TPSA) is 108 Å². The Balaban J connectivity index is 4.32. The fourth-order valence-electron chi connectivity index (χ4n) is 6.95. The van der Waals surface area contributed by atoms with E-state index in [0.29, 0.717) is 23.9 Å². The van der Waals surface area contributed by atoms with Gasteiger partial charge in [0.15, 0.2) is 6.10 Å². The lowest BCUT2D eigenvalue weighted by atomic mass is 10.1. The van der Waals surface area contributed by atoms with Crippen LogP contribution in [-0.2, 0) is 32.7 Å². The number of nitrogens with zero attached hydrogens (tertiary/aromatic N) is 1. The van der Waals surface area contributed by atoms with Crippen LogP contribution < -0.4 is 0 Å².